The molecule has 4 nitrogen and oxygen atoms in total. The minimum Gasteiger partial charge on any atom is -0.295 e. The first-order chi connectivity index (χ1) is 3.77. The Kier molecular flexibility index (Phi) is 3.27. The van der Waals surface area contributed by atoms with Crippen LogP contribution >= 0.6 is 0 Å². The molecule has 0 aliphatic carbocycles. The molecule has 8 heavy (non-hydrogen) atoms. The van der Waals surface area contributed by atoms with E-state index >= 15 is 0 Å². The van der Waals surface area contributed by atoms with Gasteiger partial charge in [0.2, 0.25) is 0 Å². The van der Waals surface area contributed by atoms with Crippen molar-refractivity contribution in [1.29, 1.82) is 0 Å². The van der Waals surface area contributed by atoms with Gasteiger partial charge in [0.25, 0.3) is 0 Å². The summed E-state index contributed by atoms with van der Waals surface area (Å²) < 4.78 is 0. The number of carbonyl (C=O) groups excluding carboxylic acids is 1. The van der Waals surface area contributed by atoms with E-state index in [9.17, 15) is 4.79 Å². The summed E-state index contributed by atoms with van der Waals surface area (Å²) in [5, 5.41) is 2.99. The molecule has 42 valence electrons. The first-order valence-electron chi connectivity index (χ1n) is 1.98. The van der Waals surface area contributed by atoms with Crippen LogP contribution in [0.4, 0.5) is 0 Å². The highest BCUT2D eigenvalue weighted by atomic mass is 16.1. The molecule has 0 radical (unpaired) electrons. The number of ketones is 1. The van der Waals surface area contributed by atoms with Gasteiger partial charge >= 0.3 is 0 Å². The van der Waals surface area contributed by atoms with Crippen molar-refractivity contribution in [3.05, 3.63) is 22.7 Å². The van der Waals surface area contributed by atoms with E-state index in [0.717, 1.165) is 6.20 Å². The minimum absolute atomic E-state index is 0.127. The first-order valence-corrected chi connectivity index (χ1v) is 1.98. The number of azide groups is 1. The molecule has 0 saturated heterocycles. The molecule has 0 spiro atoms. The molecule has 0 bridgehead atoms. The molecule has 0 aromatic heterocycles. The summed E-state index contributed by atoms with van der Waals surface area (Å²) in [6.07, 6.45) is 2.31. The van der Waals surface area contributed by atoms with E-state index in [1.165, 1.54) is 13.0 Å². The van der Waals surface area contributed by atoms with E-state index in [2.05, 4.69) is 10.0 Å². The van der Waals surface area contributed by atoms with Crippen LogP contribution in [0.3, 0.4) is 0 Å². The molecule has 0 unspecified atom stereocenters. The predicted octanol–water partition coefficient (Wildman–Crippen LogP) is 1.40. The van der Waals surface area contributed by atoms with Gasteiger partial charge in [-0.25, -0.2) is 0 Å². The van der Waals surface area contributed by atoms with Crippen LogP contribution in [0.5, 0.6) is 0 Å². The number of rotatable bonds is 2. The standard InChI is InChI=1S/C4H5N3O/c1-4(8)2-3-6-7-5/h2-3H,1H3. The average Bonchev–Trinajstić information content (AvgIpc) is 1.66. The number of hydrogen-bond donors (Lipinski definition) is 0. The molecular formula is C4H5N3O. The van der Waals surface area contributed by atoms with Crippen molar-refractivity contribution in [3.8, 4) is 0 Å². The predicted molar refractivity (Wildman–Crippen MR) is 29.0 cm³/mol. The highest BCUT2D eigenvalue weighted by molar-refractivity contribution is 5.87. The maximum Gasteiger partial charge on any atom is 0.152 e. The summed E-state index contributed by atoms with van der Waals surface area (Å²) in [5.41, 5.74) is 7.67. The van der Waals surface area contributed by atoms with Crippen LogP contribution in [0.2, 0.25) is 0 Å². The van der Waals surface area contributed by atoms with E-state index in [4.69, 9.17) is 5.53 Å². The van der Waals surface area contributed by atoms with Gasteiger partial charge in [0, 0.05) is 11.1 Å². The van der Waals surface area contributed by atoms with E-state index < -0.39 is 0 Å². The third-order valence-corrected chi connectivity index (χ3v) is 0.428. The Morgan fingerprint density at radius 1 is 1.88 bits per heavy atom. The Morgan fingerprint density at radius 2 is 2.50 bits per heavy atom. The smallest absolute Gasteiger partial charge is 0.152 e. The Labute approximate surface area is 46.4 Å². The fourth-order valence-electron chi connectivity index (χ4n) is 0.168. The molecule has 0 saturated carbocycles. The zero-order valence-corrected chi connectivity index (χ0v) is 4.40. The lowest BCUT2D eigenvalue weighted by Gasteiger charge is -1.69. The molecule has 0 heterocycles. The Bertz CT molecular complexity index is 151. The molecule has 0 aromatic rings. The van der Waals surface area contributed by atoms with Gasteiger partial charge in [-0.15, -0.1) is 0 Å². The molecule has 0 atom stereocenters. The van der Waals surface area contributed by atoms with Crippen LogP contribution < -0.4 is 0 Å². The zero-order chi connectivity index (χ0) is 6.41. The van der Waals surface area contributed by atoms with E-state index in [0.29, 0.717) is 0 Å². The molecule has 0 fully saturated rings. The highest BCUT2D eigenvalue weighted by Crippen LogP contribution is 1.75. The largest absolute Gasteiger partial charge is 0.295 e. The second-order valence-corrected chi connectivity index (χ2v) is 1.13. The molecule has 0 aliphatic rings. The van der Waals surface area contributed by atoms with E-state index in [1.807, 2.05) is 0 Å². The quantitative estimate of drug-likeness (QED) is 0.230. The fraction of sp³-hybridized carbons (Fsp3) is 0.250. The van der Waals surface area contributed by atoms with Gasteiger partial charge in [-0.3, -0.25) is 4.79 Å². The zero-order valence-electron chi connectivity index (χ0n) is 4.40. The van der Waals surface area contributed by atoms with Crippen molar-refractivity contribution in [2.75, 3.05) is 0 Å². The molecule has 4 heteroatoms. The Hall–Kier alpha value is -1.28. The third kappa shape index (κ3) is 4.72. The van der Waals surface area contributed by atoms with E-state index in [1.54, 1.807) is 0 Å². The Morgan fingerprint density at radius 3 is 2.88 bits per heavy atom. The number of nitrogens with zero attached hydrogens (tertiary/aromatic N) is 3. The van der Waals surface area contributed by atoms with Crippen molar-refractivity contribution in [2.24, 2.45) is 5.11 Å². The summed E-state index contributed by atoms with van der Waals surface area (Å²) in [4.78, 5) is 12.4. The van der Waals surface area contributed by atoms with Gasteiger partial charge in [0.05, 0.1) is 0 Å². The van der Waals surface area contributed by atoms with Gasteiger partial charge in [-0.05, 0) is 18.5 Å². The first kappa shape index (κ1) is 6.72. The van der Waals surface area contributed by atoms with Crippen LogP contribution in [0, 0.1) is 0 Å². The lowest BCUT2D eigenvalue weighted by molar-refractivity contribution is -0.112. The second-order valence-electron chi connectivity index (χ2n) is 1.13. The number of carbonyl (C=O) groups is 1. The average molecular weight is 111 g/mol. The molecule has 0 amide bonds. The van der Waals surface area contributed by atoms with Gasteiger partial charge in [-0.2, -0.15) is 0 Å². The molecule has 0 rings (SSSR count). The summed E-state index contributed by atoms with van der Waals surface area (Å²) >= 11 is 0. The fourth-order valence-corrected chi connectivity index (χ4v) is 0.168. The van der Waals surface area contributed by atoms with Crippen molar-refractivity contribution in [2.45, 2.75) is 6.92 Å². The molecule has 0 N–H and O–H groups in total. The molecule has 0 aromatic carbocycles. The lowest BCUT2D eigenvalue weighted by Crippen LogP contribution is -1.76. The normalized spacial score (nSPS) is 8.62. The van der Waals surface area contributed by atoms with Gasteiger partial charge < -0.3 is 0 Å². The summed E-state index contributed by atoms with van der Waals surface area (Å²) in [7, 11) is 0. The van der Waals surface area contributed by atoms with Crippen molar-refractivity contribution >= 4 is 5.78 Å². The number of hydrogen-bond acceptors (Lipinski definition) is 2. The van der Waals surface area contributed by atoms with Gasteiger partial charge in [-0.1, -0.05) is 5.11 Å². The number of allylic oxidation sites excluding steroid dienone is 1. The highest BCUT2D eigenvalue weighted by Gasteiger charge is 1.75. The van der Waals surface area contributed by atoms with E-state index in [-0.39, 0.29) is 5.78 Å². The maximum atomic E-state index is 10.0. The SMILES string of the molecule is CC(=O)C=CN=[N+]=[N-]. The summed E-state index contributed by atoms with van der Waals surface area (Å²) in [6.45, 7) is 1.38. The summed E-state index contributed by atoms with van der Waals surface area (Å²) in [6, 6.07) is 0. The van der Waals surface area contributed by atoms with Crippen LogP contribution in [-0.4, -0.2) is 5.78 Å². The maximum absolute atomic E-state index is 10.0. The monoisotopic (exact) mass is 111 g/mol. The second kappa shape index (κ2) is 3.89. The van der Waals surface area contributed by atoms with Crippen LogP contribution in [0.25, 0.3) is 10.4 Å². The van der Waals surface area contributed by atoms with Gasteiger partial charge in [0.1, 0.15) is 0 Å². The van der Waals surface area contributed by atoms with Crippen molar-refractivity contribution < 1.29 is 4.79 Å². The van der Waals surface area contributed by atoms with Gasteiger partial charge in [0.15, 0.2) is 5.78 Å². The minimum atomic E-state index is -0.127. The lowest BCUT2D eigenvalue weighted by atomic mass is 10.4. The van der Waals surface area contributed by atoms with Crippen LogP contribution in [-0.2, 0) is 4.79 Å². The topological polar surface area (TPSA) is 65.8 Å². The molecular weight excluding hydrogens is 106 g/mol. The van der Waals surface area contributed by atoms with Crippen molar-refractivity contribution in [1.82, 2.24) is 0 Å². The molecule has 0 aliphatic heterocycles. The summed E-state index contributed by atoms with van der Waals surface area (Å²) in [5.74, 6) is -0.127. The Balaban J connectivity index is 3.67. The third-order valence-electron chi connectivity index (χ3n) is 0.428. The van der Waals surface area contributed by atoms with Crippen LogP contribution in [0.1, 0.15) is 6.92 Å². The van der Waals surface area contributed by atoms with Crippen molar-refractivity contribution in [3.63, 3.8) is 0 Å². The van der Waals surface area contributed by atoms with Crippen LogP contribution in [0.15, 0.2) is 17.4 Å².